The number of aryl methyl sites for hydroxylation is 2. The molecule has 0 spiro atoms. The second-order valence-electron chi connectivity index (χ2n) is 5.08. The molecular weight excluding hydrogens is 224 g/mol. The van der Waals surface area contributed by atoms with Gasteiger partial charge in [0.25, 0.3) is 0 Å². The third-order valence-corrected chi connectivity index (χ3v) is 3.17. The van der Waals surface area contributed by atoms with Crippen LogP contribution in [0.4, 0.5) is 5.69 Å². The average molecular weight is 250 g/mol. The molecule has 3 heteroatoms. The van der Waals surface area contributed by atoms with Gasteiger partial charge in [-0.1, -0.05) is 19.9 Å². The summed E-state index contributed by atoms with van der Waals surface area (Å²) < 4.78 is 5.53. The molecule has 0 atom stereocenters. The topological polar surface area (TPSA) is 33.3 Å². The van der Waals surface area contributed by atoms with Crippen LogP contribution in [0.5, 0.6) is 5.75 Å². The fraction of sp³-hybridized carbons (Fsp3) is 0.600. The van der Waals surface area contributed by atoms with Crippen molar-refractivity contribution in [2.24, 2.45) is 0 Å². The minimum Gasteiger partial charge on any atom is -0.494 e. The van der Waals surface area contributed by atoms with Crippen molar-refractivity contribution < 1.29 is 4.74 Å². The van der Waals surface area contributed by atoms with Crippen LogP contribution in [-0.2, 0) is 0 Å². The van der Waals surface area contributed by atoms with Crippen molar-refractivity contribution in [3.63, 3.8) is 0 Å². The summed E-state index contributed by atoms with van der Waals surface area (Å²) in [7, 11) is 1.73. The van der Waals surface area contributed by atoms with Crippen LogP contribution < -0.4 is 15.4 Å². The minimum atomic E-state index is 0.523. The van der Waals surface area contributed by atoms with E-state index in [-0.39, 0.29) is 0 Å². The molecule has 0 radical (unpaired) electrons. The second-order valence-corrected chi connectivity index (χ2v) is 5.08. The zero-order valence-electron chi connectivity index (χ0n) is 12.5. The van der Waals surface area contributed by atoms with Crippen LogP contribution in [0, 0.1) is 20.8 Å². The highest BCUT2D eigenvalue weighted by Gasteiger charge is 2.11. The summed E-state index contributed by atoms with van der Waals surface area (Å²) in [5.41, 5.74) is 4.84. The first-order valence-corrected chi connectivity index (χ1v) is 6.59. The number of rotatable bonds is 6. The Morgan fingerprint density at radius 2 is 1.78 bits per heavy atom. The van der Waals surface area contributed by atoms with Crippen molar-refractivity contribution in [1.82, 2.24) is 5.32 Å². The first kappa shape index (κ1) is 14.8. The van der Waals surface area contributed by atoms with Gasteiger partial charge in [0, 0.05) is 19.1 Å². The number of anilines is 1. The Hall–Kier alpha value is -1.22. The third-order valence-electron chi connectivity index (χ3n) is 3.17. The maximum atomic E-state index is 5.53. The highest BCUT2D eigenvalue weighted by molar-refractivity contribution is 5.66. The van der Waals surface area contributed by atoms with Gasteiger partial charge >= 0.3 is 0 Å². The molecule has 0 aromatic heterocycles. The van der Waals surface area contributed by atoms with Crippen molar-refractivity contribution in [2.45, 2.75) is 40.7 Å². The highest BCUT2D eigenvalue weighted by Crippen LogP contribution is 2.33. The molecule has 2 N–H and O–H groups in total. The van der Waals surface area contributed by atoms with Gasteiger partial charge in [-0.2, -0.15) is 0 Å². The van der Waals surface area contributed by atoms with E-state index in [2.05, 4.69) is 51.3 Å². The van der Waals surface area contributed by atoms with Gasteiger partial charge in [-0.05, 0) is 37.5 Å². The van der Waals surface area contributed by atoms with Crippen LogP contribution in [0.25, 0.3) is 0 Å². The van der Waals surface area contributed by atoms with E-state index in [1.54, 1.807) is 7.11 Å². The molecule has 1 aromatic rings. The maximum absolute atomic E-state index is 5.53. The van der Waals surface area contributed by atoms with Gasteiger partial charge in [-0.3, -0.25) is 0 Å². The van der Waals surface area contributed by atoms with E-state index in [0.29, 0.717) is 6.04 Å². The largest absolute Gasteiger partial charge is 0.494 e. The molecule has 0 unspecified atom stereocenters. The first-order chi connectivity index (χ1) is 8.47. The van der Waals surface area contributed by atoms with Crippen molar-refractivity contribution >= 4 is 5.69 Å². The summed E-state index contributed by atoms with van der Waals surface area (Å²) in [6.07, 6.45) is 0. The average Bonchev–Trinajstić information content (AvgIpc) is 2.30. The van der Waals surface area contributed by atoms with E-state index in [4.69, 9.17) is 4.74 Å². The normalized spacial score (nSPS) is 10.8. The van der Waals surface area contributed by atoms with Crippen LogP contribution >= 0.6 is 0 Å². The lowest BCUT2D eigenvalue weighted by atomic mass is 10.0. The monoisotopic (exact) mass is 250 g/mol. The number of methoxy groups -OCH3 is 1. The van der Waals surface area contributed by atoms with Crippen LogP contribution in [0.3, 0.4) is 0 Å². The number of benzene rings is 1. The fourth-order valence-corrected chi connectivity index (χ4v) is 2.07. The van der Waals surface area contributed by atoms with E-state index in [0.717, 1.165) is 24.5 Å². The van der Waals surface area contributed by atoms with Gasteiger partial charge < -0.3 is 15.4 Å². The Bertz CT molecular complexity index is 400. The van der Waals surface area contributed by atoms with Crippen LogP contribution in [0.15, 0.2) is 6.07 Å². The lowest BCUT2D eigenvalue weighted by Crippen LogP contribution is -2.28. The lowest BCUT2D eigenvalue weighted by Gasteiger charge is -2.18. The molecule has 1 aromatic carbocycles. The number of hydrogen-bond acceptors (Lipinski definition) is 3. The standard InChI is InChI=1S/C15H26N2O/c1-10(2)16-7-8-17-14-12(4)9-11(3)13(5)15(14)18-6/h9-10,16-17H,7-8H2,1-6H3. The summed E-state index contributed by atoms with van der Waals surface area (Å²) in [5.74, 6) is 0.969. The molecule has 0 aliphatic heterocycles. The predicted octanol–water partition coefficient (Wildman–Crippen LogP) is 3.03. The van der Waals surface area contributed by atoms with Gasteiger partial charge in [0.05, 0.1) is 12.8 Å². The van der Waals surface area contributed by atoms with Crippen molar-refractivity contribution in [1.29, 1.82) is 0 Å². The van der Waals surface area contributed by atoms with Gasteiger partial charge in [0.15, 0.2) is 0 Å². The molecule has 0 saturated heterocycles. The summed E-state index contributed by atoms with van der Waals surface area (Å²) >= 11 is 0. The molecule has 18 heavy (non-hydrogen) atoms. The molecule has 102 valence electrons. The Morgan fingerprint density at radius 1 is 1.11 bits per heavy atom. The first-order valence-electron chi connectivity index (χ1n) is 6.59. The van der Waals surface area contributed by atoms with E-state index < -0.39 is 0 Å². The third kappa shape index (κ3) is 3.64. The molecule has 3 nitrogen and oxygen atoms in total. The lowest BCUT2D eigenvalue weighted by molar-refractivity contribution is 0.412. The molecule has 0 saturated carbocycles. The Kier molecular flexibility index (Phi) is 5.48. The number of nitrogens with one attached hydrogen (secondary N) is 2. The molecule has 1 rings (SSSR count). The zero-order chi connectivity index (χ0) is 13.7. The second kappa shape index (κ2) is 6.64. The maximum Gasteiger partial charge on any atom is 0.145 e. The molecule has 0 aliphatic carbocycles. The summed E-state index contributed by atoms with van der Waals surface area (Å²) in [6.45, 7) is 12.5. The van der Waals surface area contributed by atoms with E-state index in [9.17, 15) is 0 Å². The Labute approximate surface area is 111 Å². The van der Waals surface area contributed by atoms with Crippen LogP contribution in [-0.4, -0.2) is 26.2 Å². The van der Waals surface area contributed by atoms with E-state index >= 15 is 0 Å². The molecule has 0 heterocycles. The quantitative estimate of drug-likeness (QED) is 0.761. The Morgan fingerprint density at radius 3 is 2.33 bits per heavy atom. The SMILES string of the molecule is COc1c(C)c(C)cc(C)c1NCCNC(C)C. The summed E-state index contributed by atoms with van der Waals surface area (Å²) in [4.78, 5) is 0. The van der Waals surface area contributed by atoms with Gasteiger partial charge in [0.2, 0.25) is 0 Å². The predicted molar refractivity (Wildman–Crippen MR) is 78.8 cm³/mol. The van der Waals surface area contributed by atoms with Crippen molar-refractivity contribution in [3.8, 4) is 5.75 Å². The van der Waals surface area contributed by atoms with Crippen LogP contribution in [0.1, 0.15) is 30.5 Å². The summed E-state index contributed by atoms with van der Waals surface area (Å²) in [6, 6.07) is 2.73. The fourth-order valence-electron chi connectivity index (χ4n) is 2.07. The smallest absolute Gasteiger partial charge is 0.145 e. The zero-order valence-corrected chi connectivity index (χ0v) is 12.5. The minimum absolute atomic E-state index is 0.523. The molecule has 0 fully saturated rings. The molecule has 0 aliphatic rings. The van der Waals surface area contributed by atoms with Crippen molar-refractivity contribution in [3.05, 3.63) is 22.8 Å². The molecule has 0 bridgehead atoms. The van der Waals surface area contributed by atoms with E-state index in [1.165, 1.54) is 16.7 Å². The number of ether oxygens (including phenoxy) is 1. The van der Waals surface area contributed by atoms with Gasteiger partial charge in [-0.15, -0.1) is 0 Å². The van der Waals surface area contributed by atoms with Gasteiger partial charge in [0.1, 0.15) is 5.75 Å². The van der Waals surface area contributed by atoms with Gasteiger partial charge in [-0.25, -0.2) is 0 Å². The van der Waals surface area contributed by atoms with Crippen LogP contribution in [0.2, 0.25) is 0 Å². The van der Waals surface area contributed by atoms with Crippen molar-refractivity contribution in [2.75, 3.05) is 25.5 Å². The molecule has 0 amide bonds. The Balaban J connectivity index is 2.78. The van der Waals surface area contributed by atoms with E-state index in [1.807, 2.05) is 0 Å². The number of hydrogen-bond donors (Lipinski definition) is 2. The highest BCUT2D eigenvalue weighted by atomic mass is 16.5. The molecular formula is C15H26N2O. The summed E-state index contributed by atoms with van der Waals surface area (Å²) in [5, 5.41) is 6.86.